The van der Waals surface area contributed by atoms with Gasteiger partial charge in [-0.1, -0.05) is 37.3 Å². The third kappa shape index (κ3) is 1.78. The van der Waals surface area contributed by atoms with Crippen molar-refractivity contribution >= 4 is 0 Å². The average molecular weight is 189 g/mol. The number of nitriles is 1. The van der Waals surface area contributed by atoms with Crippen LogP contribution < -0.4 is 0 Å². The smallest absolute Gasteiger partial charge is 0.105 e. The van der Waals surface area contributed by atoms with E-state index in [2.05, 4.69) is 6.07 Å². The van der Waals surface area contributed by atoms with Crippen molar-refractivity contribution in [3.8, 4) is 6.07 Å². The molecule has 74 valence electrons. The van der Waals surface area contributed by atoms with Crippen LogP contribution in [0.2, 0.25) is 0 Å². The molecule has 0 aliphatic rings. The lowest BCUT2D eigenvalue weighted by atomic mass is 9.81. The van der Waals surface area contributed by atoms with E-state index in [1.807, 2.05) is 37.3 Å². The Morgan fingerprint density at radius 2 is 2.00 bits per heavy atom. The first-order chi connectivity index (χ1) is 6.65. The van der Waals surface area contributed by atoms with Crippen LogP contribution in [0, 0.1) is 17.2 Å². The summed E-state index contributed by atoms with van der Waals surface area (Å²) in [5.74, 6) is -0.394. The van der Waals surface area contributed by atoms with E-state index in [9.17, 15) is 5.11 Å². The molecule has 0 saturated carbocycles. The number of aliphatic hydroxyl groups is 1. The zero-order valence-electron chi connectivity index (χ0n) is 8.57. The molecule has 14 heavy (non-hydrogen) atoms. The third-order valence-electron chi connectivity index (χ3n) is 2.72. The lowest BCUT2D eigenvalue weighted by Gasteiger charge is -2.29. The average Bonchev–Trinajstić information content (AvgIpc) is 2.28. The fourth-order valence-electron chi connectivity index (χ4n) is 1.59. The third-order valence-corrected chi connectivity index (χ3v) is 2.72. The van der Waals surface area contributed by atoms with E-state index in [0.717, 1.165) is 5.56 Å². The Hall–Kier alpha value is -1.33. The highest BCUT2D eigenvalue weighted by Crippen LogP contribution is 2.32. The predicted molar refractivity (Wildman–Crippen MR) is 55.4 cm³/mol. The maximum absolute atomic E-state index is 10.3. The molecule has 2 heteroatoms. The van der Waals surface area contributed by atoms with Crippen LogP contribution in [0.25, 0.3) is 0 Å². The highest BCUT2D eigenvalue weighted by Gasteiger charge is 2.33. The second-order valence-electron chi connectivity index (χ2n) is 3.49. The largest absolute Gasteiger partial charge is 0.384 e. The van der Waals surface area contributed by atoms with Gasteiger partial charge in [0, 0.05) is 0 Å². The molecule has 2 atom stereocenters. The summed E-state index contributed by atoms with van der Waals surface area (Å²) >= 11 is 0. The van der Waals surface area contributed by atoms with E-state index < -0.39 is 11.5 Å². The number of rotatable bonds is 3. The summed E-state index contributed by atoms with van der Waals surface area (Å²) in [6.07, 6.45) is 0.547. The Kier molecular flexibility index (Phi) is 3.27. The molecular weight excluding hydrogens is 174 g/mol. The zero-order chi connectivity index (χ0) is 10.6. The van der Waals surface area contributed by atoms with Gasteiger partial charge in [0.15, 0.2) is 0 Å². The van der Waals surface area contributed by atoms with Gasteiger partial charge in [0.2, 0.25) is 0 Å². The molecule has 0 fully saturated rings. The van der Waals surface area contributed by atoms with Gasteiger partial charge in [0.05, 0.1) is 12.0 Å². The van der Waals surface area contributed by atoms with Gasteiger partial charge < -0.3 is 5.11 Å². The van der Waals surface area contributed by atoms with Crippen molar-refractivity contribution in [1.29, 1.82) is 5.26 Å². The van der Waals surface area contributed by atoms with Crippen LogP contribution in [-0.4, -0.2) is 5.11 Å². The Balaban J connectivity index is 3.09. The molecule has 1 rings (SSSR count). The highest BCUT2D eigenvalue weighted by atomic mass is 16.3. The van der Waals surface area contributed by atoms with Crippen molar-refractivity contribution in [2.75, 3.05) is 0 Å². The van der Waals surface area contributed by atoms with Gasteiger partial charge in [-0.2, -0.15) is 5.26 Å². The van der Waals surface area contributed by atoms with E-state index >= 15 is 0 Å². The predicted octanol–water partition coefficient (Wildman–Crippen LogP) is 2.44. The van der Waals surface area contributed by atoms with Gasteiger partial charge in [-0.3, -0.25) is 0 Å². The molecule has 0 amide bonds. The number of benzene rings is 1. The Labute approximate surface area is 84.8 Å². The number of hydrogen-bond acceptors (Lipinski definition) is 2. The fraction of sp³-hybridized carbons (Fsp3) is 0.417. The van der Waals surface area contributed by atoms with Crippen LogP contribution in [0.1, 0.15) is 25.8 Å². The monoisotopic (exact) mass is 189 g/mol. The lowest BCUT2D eigenvalue weighted by Crippen LogP contribution is -2.31. The minimum Gasteiger partial charge on any atom is -0.384 e. The van der Waals surface area contributed by atoms with Gasteiger partial charge in [-0.05, 0) is 18.9 Å². The van der Waals surface area contributed by atoms with Crippen molar-refractivity contribution in [3.05, 3.63) is 35.9 Å². The minimum atomic E-state index is -1.02. The highest BCUT2D eigenvalue weighted by molar-refractivity contribution is 5.24. The summed E-state index contributed by atoms with van der Waals surface area (Å²) in [7, 11) is 0. The first kappa shape index (κ1) is 10.7. The van der Waals surface area contributed by atoms with Gasteiger partial charge in [-0.25, -0.2) is 0 Å². The molecule has 1 aromatic rings. The van der Waals surface area contributed by atoms with E-state index in [1.165, 1.54) is 0 Å². The maximum Gasteiger partial charge on any atom is 0.105 e. The molecule has 2 unspecified atom stereocenters. The number of hydrogen-bond donors (Lipinski definition) is 1. The Bertz CT molecular complexity index is 328. The SMILES string of the molecule is CCC(O)(c1ccccc1)C(C)C#N. The van der Waals surface area contributed by atoms with Crippen molar-refractivity contribution in [2.24, 2.45) is 5.92 Å². The van der Waals surface area contributed by atoms with E-state index in [0.29, 0.717) is 6.42 Å². The van der Waals surface area contributed by atoms with Crippen molar-refractivity contribution in [2.45, 2.75) is 25.9 Å². The van der Waals surface area contributed by atoms with E-state index in [-0.39, 0.29) is 0 Å². The Morgan fingerprint density at radius 3 is 2.43 bits per heavy atom. The molecule has 0 aliphatic carbocycles. The van der Waals surface area contributed by atoms with E-state index in [1.54, 1.807) is 6.92 Å². The van der Waals surface area contributed by atoms with Gasteiger partial charge in [-0.15, -0.1) is 0 Å². The van der Waals surface area contributed by atoms with Crippen LogP contribution in [0.15, 0.2) is 30.3 Å². The van der Waals surface area contributed by atoms with Gasteiger partial charge in [0.1, 0.15) is 5.60 Å². The second-order valence-corrected chi connectivity index (χ2v) is 3.49. The molecule has 0 spiro atoms. The first-order valence-electron chi connectivity index (χ1n) is 4.82. The molecule has 2 nitrogen and oxygen atoms in total. The first-order valence-corrected chi connectivity index (χ1v) is 4.82. The van der Waals surface area contributed by atoms with Crippen molar-refractivity contribution in [3.63, 3.8) is 0 Å². The molecule has 0 heterocycles. The molecule has 0 bridgehead atoms. The summed E-state index contributed by atoms with van der Waals surface area (Å²) < 4.78 is 0. The summed E-state index contributed by atoms with van der Waals surface area (Å²) in [6.45, 7) is 3.64. The van der Waals surface area contributed by atoms with Crippen molar-refractivity contribution in [1.82, 2.24) is 0 Å². The molecule has 1 N–H and O–H groups in total. The quantitative estimate of drug-likeness (QED) is 0.793. The lowest BCUT2D eigenvalue weighted by molar-refractivity contribution is -0.000459. The van der Waals surface area contributed by atoms with Crippen LogP contribution in [-0.2, 0) is 5.60 Å². The number of nitrogens with zero attached hydrogens (tertiary/aromatic N) is 1. The molecule has 0 aromatic heterocycles. The normalized spacial score (nSPS) is 16.7. The molecule has 1 aromatic carbocycles. The van der Waals surface area contributed by atoms with Crippen LogP contribution in [0.3, 0.4) is 0 Å². The summed E-state index contributed by atoms with van der Waals surface area (Å²) in [6, 6.07) is 11.5. The standard InChI is InChI=1S/C12H15NO/c1-3-12(14,10(2)9-13)11-7-5-4-6-8-11/h4-8,10,14H,3H2,1-2H3. The maximum atomic E-state index is 10.3. The molecular formula is C12H15NO. The summed E-state index contributed by atoms with van der Waals surface area (Å²) in [4.78, 5) is 0. The van der Waals surface area contributed by atoms with Crippen LogP contribution in [0.5, 0.6) is 0 Å². The molecule has 0 saturated heterocycles. The second kappa shape index (κ2) is 4.26. The summed E-state index contributed by atoms with van der Waals surface area (Å²) in [5.41, 5.74) is -0.202. The van der Waals surface area contributed by atoms with Crippen LogP contribution >= 0.6 is 0 Å². The van der Waals surface area contributed by atoms with Gasteiger partial charge in [0.25, 0.3) is 0 Å². The molecule has 0 radical (unpaired) electrons. The molecule has 0 aliphatic heterocycles. The minimum absolute atomic E-state index is 0.394. The fourth-order valence-corrected chi connectivity index (χ4v) is 1.59. The summed E-state index contributed by atoms with van der Waals surface area (Å²) in [5, 5.41) is 19.2. The van der Waals surface area contributed by atoms with Crippen molar-refractivity contribution < 1.29 is 5.11 Å². The van der Waals surface area contributed by atoms with E-state index in [4.69, 9.17) is 5.26 Å². The van der Waals surface area contributed by atoms with Crippen LogP contribution in [0.4, 0.5) is 0 Å². The topological polar surface area (TPSA) is 44.0 Å². The Morgan fingerprint density at radius 1 is 1.43 bits per heavy atom. The van der Waals surface area contributed by atoms with Gasteiger partial charge >= 0.3 is 0 Å². The zero-order valence-corrected chi connectivity index (χ0v) is 8.57.